The molecule has 0 atom stereocenters. The number of halogens is 1. The molecule has 0 unspecified atom stereocenters. The van der Waals surface area contributed by atoms with E-state index in [9.17, 15) is 0 Å². The molecule has 0 aliphatic carbocycles. The third kappa shape index (κ3) is 4.03. The molecule has 2 aromatic rings. The highest BCUT2D eigenvalue weighted by atomic mass is 35.5. The molecule has 0 spiro atoms. The predicted octanol–water partition coefficient (Wildman–Crippen LogP) is 3.26. The Labute approximate surface area is 117 Å². The van der Waals surface area contributed by atoms with Crippen LogP contribution in [0.1, 0.15) is 11.1 Å². The molecule has 19 heavy (non-hydrogen) atoms. The van der Waals surface area contributed by atoms with Crippen molar-refractivity contribution in [3.8, 4) is 17.6 Å². The van der Waals surface area contributed by atoms with E-state index in [0.29, 0.717) is 10.8 Å². The zero-order valence-electron chi connectivity index (χ0n) is 10.3. The molecular formula is C16H13ClO2. The molecule has 0 amide bonds. The fourth-order valence-electron chi connectivity index (χ4n) is 1.53. The summed E-state index contributed by atoms with van der Waals surface area (Å²) in [5.74, 6) is 6.50. The van der Waals surface area contributed by atoms with Gasteiger partial charge in [-0.3, -0.25) is 0 Å². The summed E-state index contributed by atoms with van der Waals surface area (Å²) in [5.41, 5.74) is 1.71. The van der Waals surface area contributed by atoms with Crippen molar-refractivity contribution in [3.05, 3.63) is 64.7 Å². The van der Waals surface area contributed by atoms with Crippen molar-refractivity contribution < 1.29 is 9.84 Å². The van der Waals surface area contributed by atoms with Gasteiger partial charge >= 0.3 is 0 Å². The van der Waals surface area contributed by atoms with Gasteiger partial charge in [-0.2, -0.15) is 0 Å². The molecule has 0 radical (unpaired) electrons. The van der Waals surface area contributed by atoms with Crippen molar-refractivity contribution in [2.45, 2.75) is 6.61 Å². The van der Waals surface area contributed by atoms with Gasteiger partial charge in [0, 0.05) is 5.56 Å². The number of hydrogen-bond acceptors (Lipinski definition) is 2. The van der Waals surface area contributed by atoms with Crippen LogP contribution in [0.15, 0.2) is 48.5 Å². The second-order valence-electron chi connectivity index (χ2n) is 3.88. The molecule has 2 rings (SSSR count). The molecule has 1 N–H and O–H groups in total. The van der Waals surface area contributed by atoms with E-state index in [-0.39, 0.29) is 13.2 Å². The van der Waals surface area contributed by atoms with Crippen LogP contribution in [-0.2, 0) is 6.61 Å². The summed E-state index contributed by atoms with van der Waals surface area (Å²) < 4.78 is 5.47. The zero-order chi connectivity index (χ0) is 13.5. The van der Waals surface area contributed by atoms with Crippen molar-refractivity contribution in [3.63, 3.8) is 0 Å². The number of aliphatic hydroxyl groups is 1. The maximum atomic E-state index is 8.97. The smallest absolute Gasteiger partial charge is 0.149 e. The Morgan fingerprint density at radius 2 is 1.89 bits per heavy atom. The Balaban J connectivity index is 1.95. The summed E-state index contributed by atoms with van der Waals surface area (Å²) in [5, 5.41) is 9.45. The molecule has 0 saturated carbocycles. The molecule has 0 saturated heterocycles. The molecular weight excluding hydrogens is 260 g/mol. The zero-order valence-corrected chi connectivity index (χ0v) is 11.0. The lowest BCUT2D eigenvalue weighted by Gasteiger charge is -2.05. The van der Waals surface area contributed by atoms with Crippen LogP contribution in [-0.4, -0.2) is 11.7 Å². The van der Waals surface area contributed by atoms with Crippen LogP contribution >= 0.6 is 11.6 Å². The van der Waals surface area contributed by atoms with E-state index in [1.807, 2.05) is 30.3 Å². The fourth-order valence-corrected chi connectivity index (χ4v) is 1.79. The van der Waals surface area contributed by atoms with Crippen LogP contribution in [0.2, 0.25) is 5.02 Å². The SMILES string of the molecule is OCc1ccc(OCC#Cc2ccccc2)c(Cl)c1. The van der Waals surface area contributed by atoms with Gasteiger partial charge in [0.1, 0.15) is 12.4 Å². The largest absolute Gasteiger partial charge is 0.479 e. The number of hydrogen-bond donors (Lipinski definition) is 1. The predicted molar refractivity (Wildman–Crippen MR) is 76.2 cm³/mol. The van der Waals surface area contributed by atoms with Crippen molar-refractivity contribution in [2.75, 3.05) is 6.61 Å². The minimum Gasteiger partial charge on any atom is -0.479 e. The summed E-state index contributed by atoms with van der Waals surface area (Å²) in [6, 6.07) is 14.9. The third-order valence-electron chi connectivity index (χ3n) is 2.49. The van der Waals surface area contributed by atoms with E-state index in [2.05, 4.69) is 11.8 Å². The molecule has 2 nitrogen and oxygen atoms in total. The average molecular weight is 273 g/mol. The standard InChI is InChI=1S/C16H13ClO2/c17-15-11-14(12-18)8-9-16(15)19-10-4-7-13-5-2-1-3-6-13/h1-3,5-6,8-9,11,18H,10,12H2. The quantitative estimate of drug-likeness (QED) is 0.869. The summed E-state index contributed by atoms with van der Waals surface area (Å²) in [6.45, 7) is 0.237. The molecule has 96 valence electrons. The lowest BCUT2D eigenvalue weighted by molar-refractivity contribution is 0.281. The molecule has 2 aromatic carbocycles. The maximum absolute atomic E-state index is 8.97. The number of aliphatic hydroxyl groups excluding tert-OH is 1. The molecule has 0 heterocycles. The number of rotatable bonds is 3. The lowest BCUT2D eigenvalue weighted by atomic mass is 10.2. The van der Waals surface area contributed by atoms with Gasteiger partial charge in [-0.15, -0.1) is 0 Å². The van der Waals surface area contributed by atoms with E-state index >= 15 is 0 Å². The van der Waals surface area contributed by atoms with Gasteiger partial charge in [0.05, 0.1) is 11.6 Å². The molecule has 0 bridgehead atoms. The Hall–Kier alpha value is -1.95. The van der Waals surface area contributed by atoms with Crippen LogP contribution in [0.25, 0.3) is 0 Å². The molecule has 0 aliphatic heterocycles. The second kappa shape index (κ2) is 6.84. The molecule has 0 aliphatic rings. The first-order valence-electron chi connectivity index (χ1n) is 5.85. The van der Waals surface area contributed by atoms with Crippen LogP contribution in [0.3, 0.4) is 0 Å². The van der Waals surface area contributed by atoms with Crippen LogP contribution in [0, 0.1) is 11.8 Å². The Kier molecular flexibility index (Phi) is 4.85. The minimum atomic E-state index is -0.0339. The van der Waals surface area contributed by atoms with E-state index in [4.69, 9.17) is 21.4 Å². The average Bonchev–Trinajstić information content (AvgIpc) is 2.46. The van der Waals surface area contributed by atoms with Crippen molar-refractivity contribution in [1.82, 2.24) is 0 Å². The van der Waals surface area contributed by atoms with E-state index in [1.165, 1.54) is 0 Å². The fraction of sp³-hybridized carbons (Fsp3) is 0.125. The maximum Gasteiger partial charge on any atom is 0.149 e. The summed E-state index contributed by atoms with van der Waals surface area (Å²) in [6.07, 6.45) is 0. The van der Waals surface area contributed by atoms with E-state index in [1.54, 1.807) is 18.2 Å². The van der Waals surface area contributed by atoms with Crippen LogP contribution < -0.4 is 4.74 Å². The first-order chi connectivity index (χ1) is 9.29. The van der Waals surface area contributed by atoms with Gasteiger partial charge in [-0.05, 0) is 29.8 Å². The monoisotopic (exact) mass is 272 g/mol. The van der Waals surface area contributed by atoms with E-state index in [0.717, 1.165) is 11.1 Å². The second-order valence-corrected chi connectivity index (χ2v) is 4.29. The first-order valence-corrected chi connectivity index (χ1v) is 6.23. The Morgan fingerprint density at radius 3 is 2.58 bits per heavy atom. The van der Waals surface area contributed by atoms with Gasteiger partial charge in [0.15, 0.2) is 0 Å². The number of ether oxygens (including phenoxy) is 1. The Bertz CT molecular complexity index is 597. The van der Waals surface area contributed by atoms with Gasteiger partial charge in [-0.1, -0.05) is 47.7 Å². The third-order valence-corrected chi connectivity index (χ3v) is 2.78. The van der Waals surface area contributed by atoms with E-state index < -0.39 is 0 Å². The summed E-state index contributed by atoms with van der Waals surface area (Å²) in [4.78, 5) is 0. The topological polar surface area (TPSA) is 29.5 Å². The highest BCUT2D eigenvalue weighted by molar-refractivity contribution is 6.32. The summed E-state index contributed by atoms with van der Waals surface area (Å²) in [7, 11) is 0. The normalized spacial score (nSPS) is 9.58. The van der Waals surface area contributed by atoms with Gasteiger partial charge in [0.2, 0.25) is 0 Å². The number of benzene rings is 2. The first kappa shape index (κ1) is 13.5. The summed E-state index contributed by atoms with van der Waals surface area (Å²) >= 11 is 6.02. The highest BCUT2D eigenvalue weighted by Crippen LogP contribution is 2.25. The van der Waals surface area contributed by atoms with Crippen LogP contribution in [0.4, 0.5) is 0 Å². The highest BCUT2D eigenvalue weighted by Gasteiger charge is 2.01. The molecule has 0 fully saturated rings. The molecule has 0 aromatic heterocycles. The minimum absolute atomic E-state index is 0.0339. The lowest BCUT2D eigenvalue weighted by Crippen LogP contribution is -1.95. The van der Waals surface area contributed by atoms with Gasteiger partial charge in [0.25, 0.3) is 0 Å². The van der Waals surface area contributed by atoms with Crippen molar-refractivity contribution in [1.29, 1.82) is 0 Å². The van der Waals surface area contributed by atoms with Gasteiger partial charge < -0.3 is 9.84 Å². The van der Waals surface area contributed by atoms with Crippen molar-refractivity contribution in [2.24, 2.45) is 0 Å². The van der Waals surface area contributed by atoms with Crippen molar-refractivity contribution >= 4 is 11.6 Å². The van der Waals surface area contributed by atoms with Crippen LogP contribution in [0.5, 0.6) is 5.75 Å². The molecule has 3 heteroatoms. The Morgan fingerprint density at radius 1 is 1.11 bits per heavy atom. The van der Waals surface area contributed by atoms with Gasteiger partial charge in [-0.25, -0.2) is 0 Å².